The zero-order chi connectivity index (χ0) is 14.0. The van der Waals surface area contributed by atoms with Gasteiger partial charge in [-0.25, -0.2) is 9.78 Å². The number of benzene rings is 1. The SMILES string of the molecule is Cc1nc2ccc(C(=O)OCCC(F)(F)F)cc2[nH]1. The van der Waals surface area contributed by atoms with Gasteiger partial charge in [0.15, 0.2) is 0 Å². The van der Waals surface area contributed by atoms with E-state index in [1.807, 2.05) is 0 Å². The highest BCUT2D eigenvalue weighted by atomic mass is 19.4. The van der Waals surface area contributed by atoms with Gasteiger partial charge in [0.05, 0.1) is 23.0 Å². The normalized spacial score (nSPS) is 11.8. The highest BCUT2D eigenvalue weighted by molar-refractivity contribution is 5.93. The molecular formula is C12H11F3N2O2. The van der Waals surface area contributed by atoms with E-state index < -0.39 is 25.2 Å². The number of hydrogen-bond acceptors (Lipinski definition) is 3. The Labute approximate surface area is 106 Å². The molecule has 0 aliphatic heterocycles. The number of aryl methyl sites for hydroxylation is 1. The number of rotatable bonds is 3. The predicted octanol–water partition coefficient (Wildman–Crippen LogP) is 2.98. The lowest BCUT2D eigenvalue weighted by Gasteiger charge is -2.07. The molecule has 0 aliphatic rings. The molecule has 2 aromatic rings. The highest BCUT2D eigenvalue weighted by Gasteiger charge is 2.27. The zero-order valence-electron chi connectivity index (χ0n) is 10.0. The van der Waals surface area contributed by atoms with Gasteiger partial charge in [0.2, 0.25) is 0 Å². The molecule has 102 valence electrons. The summed E-state index contributed by atoms with van der Waals surface area (Å²) in [6, 6.07) is 4.59. The van der Waals surface area contributed by atoms with Gasteiger partial charge in [-0.1, -0.05) is 0 Å². The minimum absolute atomic E-state index is 0.193. The molecule has 0 saturated heterocycles. The topological polar surface area (TPSA) is 55.0 Å². The van der Waals surface area contributed by atoms with Crippen molar-refractivity contribution in [1.29, 1.82) is 0 Å². The largest absolute Gasteiger partial charge is 0.462 e. The Kier molecular flexibility index (Phi) is 3.46. The van der Waals surface area contributed by atoms with Gasteiger partial charge in [0.25, 0.3) is 0 Å². The molecule has 7 heteroatoms. The number of nitrogens with zero attached hydrogens (tertiary/aromatic N) is 1. The Morgan fingerprint density at radius 2 is 2.16 bits per heavy atom. The Morgan fingerprint density at radius 1 is 1.42 bits per heavy atom. The molecule has 1 N–H and O–H groups in total. The van der Waals surface area contributed by atoms with Crippen molar-refractivity contribution < 1.29 is 22.7 Å². The van der Waals surface area contributed by atoms with Gasteiger partial charge in [-0.2, -0.15) is 13.2 Å². The summed E-state index contributed by atoms with van der Waals surface area (Å²) in [5.74, 6) is -0.0870. The lowest BCUT2D eigenvalue weighted by atomic mass is 10.2. The third-order valence-corrected chi connectivity index (χ3v) is 2.45. The van der Waals surface area contributed by atoms with Gasteiger partial charge in [-0.15, -0.1) is 0 Å². The Morgan fingerprint density at radius 3 is 2.84 bits per heavy atom. The Bertz CT molecular complexity index is 605. The van der Waals surface area contributed by atoms with Crippen molar-refractivity contribution in [2.24, 2.45) is 0 Å². The third-order valence-electron chi connectivity index (χ3n) is 2.45. The quantitative estimate of drug-likeness (QED) is 0.874. The Hall–Kier alpha value is -2.05. The van der Waals surface area contributed by atoms with Gasteiger partial charge in [0, 0.05) is 0 Å². The van der Waals surface area contributed by atoms with Crippen LogP contribution in [0, 0.1) is 6.92 Å². The summed E-state index contributed by atoms with van der Waals surface area (Å²) in [7, 11) is 0. The first kappa shape index (κ1) is 13.4. The number of aromatic nitrogens is 2. The van der Waals surface area contributed by atoms with Gasteiger partial charge in [0.1, 0.15) is 12.4 Å². The number of fused-ring (bicyclic) bond motifs is 1. The minimum atomic E-state index is -4.33. The summed E-state index contributed by atoms with van der Waals surface area (Å²) >= 11 is 0. The summed E-state index contributed by atoms with van der Waals surface area (Å²) in [4.78, 5) is 18.6. The molecule has 1 heterocycles. The number of H-pyrrole nitrogens is 1. The fourth-order valence-corrected chi connectivity index (χ4v) is 1.61. The second-order valence-corrected chi connectivity index (χ2v) is 4.06. The molecule has 0 bridgehead atoms. The molecule has 19 heavy (non-hydrogen) atoms. The monoisotopic (exact) mass is 272 g/mol. The minimum Gasteiger partial charge on any atom is -0.462 e. The molecule has 1 aromatic carbocycles. The van der Waals surface area contributed by atoms with E-state index in [0.717, 1.165) is 0 Å². The first-order valence-corrected chi connectivity index (χ1v) is 5.55. The van der Waals surface area contributed by atoms with E-state index in [1.165, 1.54) is 12.1 Å². The average Bonchev–Trinajstić information content (AvgIpc) is 2.65. The fourth-order valence-electron chi connectivity index (χ4n) is 1.61. The molecule has 0 atom stereocenters. The number of hydrogen-bond donors (Lipinski definition) is 1. The van der Waals surface area contributed by atoms with Crippen molar-refractivity contribution in [2.45, 2.75) is 19.5 Å². The van der Waals surface area contributed by atoms with Crippen LogP contribution < -0.4 is 0 Å². The van der Waals surface area contributed by atoms with Crippen LogP contribution in [0.25, 0.3) is 11.0 Å². The number of nitrogens with one attached hydrogen (secondary N) is 1. The second kappa shape index (κ2) is 4.91. The first-order chi connectivity index (χ1) is 8.85. The summed E-state index contributed by atoms with van der Waals surface area (Å²) < 4.78 is 40.3. The van der Waals surface area contributed by atoms with E-state index in [0.29, 0.717) is 16.9 Å². The van der Waals surface area contributed by atoms with Gasteiger partial charge < -0.3 is 9.72 Å². The average molecular weight is 272 g/mol. The van der Waals surface area contributed by atoms with Crippen LogP contribution in [0.3, 0.4) is 0 Å². The summed E-state index contributed by atoms with van der Waals surface area (Å²) in [5, 5.41) is 0. The van der Waals surface area contributed by atoms with E-state index in [9.17, 15) is 18.0 Å². The van der Waals surface area contributed by atoms with E-state index in [2.05, 4.69) is 14.7 Å². The number of alkyl halides is 3. The van der Waals surface area contributed by atoms with Crippen LogP contribution in [0.4, 0.5) is 13.2 Å². The number of carbonyl (C=O) groups is 1. The fraction of sp³-hybridized carbons (Fsp3) is 0.333. The molecule has 1 aromatic heterocycles. The van der Waals surface area contributed by atoms with Crippen molar-refractivity contribution in [2.75, 3.05) is 6.61 Å². The van der Waals surface area contributed by atoms with Crippen LogP contribution in [0.1, 0.15) is 22.6 Å². The number of esters is 1. The molecule has 0 saturated carbocycles. The molecule has 0 aliphatic carbocycles. The van der Waals surface area contributed by atoms with Crippen LogP contribution in [-0.4, -0.2) is 28.7 Å². The van der Waals surface area contributed by atoms with Crippen molar-refractivity contribution >= 4 is 17.0 Å². The highest BCUT2D eigenvalue weighted by Crippen LogP contribution is 2.20. The summed E-state index contributed by atoms with van der Waals surface area (Å²) in [5.41, 5.74) is 1.52. The van der Waals surface area contributed by atoms with Gasteiger partial charge in [-0.05, 0) is 25.1 Å². The Balaban J connectivity index is 2.04. The lowest BCUT2D eigenvalue weighted by molar-refractivity contribution is -0.141. The van der Waals surface area contributed by atoms with Gasteiger partial charge >= 0.3 is 12.1 Å². The standard InChI is InChI=1S/C12H11F3N2O2/c1-7-16-9-3-2-8(6-10(9)17-7)11(18)19-5-4-12(13,14)15/h2-3,6H,4-5H2,1H3,(H,16,17). The van der Waals surface area contributed by atoms with Crippen LogP contribution in [0.15, 0.2) is 18.2 Å². The van der Waals surface area contributed by atoms with Crippen LogP contribution >= 0.6 is 0 Å². The maximum Gasteiger partial charge on any atom is 0.392 e. The van der Waals surface area contributed by atoms with Crippen molar-refractivity contribution in [1.82, 2.24) is 9.97 Å². The molecule has 0 amide bonds. The van der Waals surface area contributed by atoms with E-state index in [-0.39, 0.29) is 5.56 Å². The predicted molar refractivity (Wildman–Crippen MR) is 61.8 cm³/mol. The first-order valence-electron chi connectivity index (χ1n) is 5.55. The molecular weight excluding hydrogens is 261 g/mol. The molecule has 0 spiro atoms. The maximum atomic E-state index is 11.9. The van der Waals surface area contributed by atoms with Crippen molar-refractivity contribution in [3.63, 3.8) is 0 Å². The van der Waals surface area contributed by atoms with Crippen molar-refractivity contribution in [3.8, 4) is 0 Å². The van der Waals surface area contributed by atoms with Crippen LogP contribution in [-0.2, 0) is 4.74 Å². The molecule has 0 unspecified atom stereocenters. The molecule has 4 nitrogen and oxygen atoms in total. The zero-order valence-corrected chi connectivity index (χ0v) is 10.0. The van der Waals surface area contributed by atoms with Crippen molar-refractivity contribution in [3.05, 3.63) is 29.6 Å². The molecule has 0 fully saturated rings. The van der Waals surface area contributed by atoms with E-state index >= 15 is 0 Å². The van der Waals surface area contributed by atoms with Crippen LogP contribution in [0.5, 0.6) is 0 Å². The second-order valence-electron chi connectivity index (χ2n) is 4.06. The summed E-state index contributed by atoms with van der Waals surface area (Å²) in [6.07, 6.45) is -5.48. The van der Waals surface area contributed by atoms with Crippen LogP contribution in [0.2, 0.25) is 0 Å². The molecule has 2 rings (SSSR count). The maximum absolute atomic E-state index is 11.9. The van der Waals surface area contributed by atoms with E-state index in [1.54, 1.807) is 13.0 Å². The summed E-state index contributed by atoms with van der Waals surface area (Å²) in [6.45, 7) is 1.09. The van der Waals surface area contributed by atoms with E-state index in [4.69, 9.17) is 0 Å². The van der Waals surface area contributed by atoms with Gasteiger partial charge in [-0.3, -0.25) is 0 Å². The molecule has 0 radical (unpaired) electrons. The number of halogens is 3. The number of aromatic amines is 1. The number of carbonyl (C=O) groups excluding carboxylic acids is 1. The third kappa shape index (κ3) is 3.46. The smallest absolute Gasteiger partial charge is 0.392 e. The lowest BCUT2D eigenvalue weighted by Crippen LogP contribution is -2.14. The number of ether oxygens (including phenoxy) is 1. The number of imidazole rings is 1.